The first-order valence-corrected chi connectivity index (χ1v) is 8.97. The van der Waals surface area contributed by atoms with Crippen LogP contribution < -0.4 is 5.32 Å². The van der Waals surface area contributed by atoms with Gasteiger partial charge in [-0.2, -0.15) is 0 Å². The van der Waals surface area contributed by atoms with E-state index < -0.39 is 33.4 Å². The van der Waals surface area contributed by atoms with Crippen LogP contribution >= 0.6 is 0 Å². The standard InChI is InChI=1S/C14H25NO5S/c1-9(2)11(13(17)20-14(3,4)5)15-12(16)10-6-7-21(18,19)8-10/h9-11H,6-8H2,1-5H3,(H,15,16)/t10?,11-/m1/s1. The van der Waals surface area contributed by atoms with Crippen LogP contribution in [0.25, 0.3) is 0 Å². The number of carbonyl (C=O) groups excluding carboxylic acids is 2. The van der Waals surface area contributed by atoms with E-state index in [4.69, 9.17) is 4.74 Å². The molecule has 1 N–H and O–H groups in total. The molecule has 7 heteroatoms. The predicted octanol–water partition coefficient (Wildman–Crippen LogP) is 0.904. The van der Waals surface area contributed by atoms with Crippen molar-refractivity contribution >= 4 is 21.7 Å². The van der Waals surface area contributed by atoms with Gasteiger partial charge in [-0.15, -0.1) is 0 Å². The summed E-state index contributed by atoms with van der Waals surface area (Å²) in [6, 6.07) is -0.764. The molecule has 1 heterocycles. The van der Waals surface area contributed by atoms with E-state index in [1.54, 1.807) is 34.6 Å². The molecule has 0 aromatic heterocycles. The number of rotatable bonds is 4. The Balaban J connectivity index is 2.71. The molecule has 2 atom stereocenters. The Hall–Kier alpha value is -1.11. The smallest absolute Gasteiger partial charge is 0.329 e. The lowest BCUT2D eigenvalue weighted by Gasteiger charge is -2.27. The number of carbonyl (C=O) groups is 2. The van der Waals surface area contributed by atoms with E-state index in [1.165, 1.54) is 0 Å². The normalized spacial score (nSPS) is 22.9. The molecule has 1 aliphatic rings. The van der Waals surface area contributed by atoms with Crippen LogP contribution in [0.5, 0.6) is 0 Å². The van der Waals surface area contributed by atoms with Crippen LogP contribution in [-0.4, -0.2) is 43.4 Å². The largest absolute Gasteiger partial charge is 0.458 e. The van der Waals surface area contributed by atoms with Crippen molar-refractivity contribution in [3.05, 3.63) is 0 Å². The highest BCUT2D eigenvalue weighted by Crippen LogP contribution is 2.19. The van der Waals surface area contributed by atoms with E-state index in [9.17, 15) is 18.0 Å². The Morgan fingerprint density at radius 1 is 1.24 bits per heavy atom. The molecule has 1 unspecified atom stereocenters. The summed E-state index contributed by atoms with van der Waals surface area (Å²) in [7, 11) is -3.12. The molecule has 0 aliphatic carbocycles. The van der Waals surface area contributed by atoms with E-state index in [1.807, 2.05) is 0 Å². The summed E-state index contributed by atoms with van der Waals surface area (Å²) in [5.41, 5.74) is -0.633. The van der Waals surface area contributed by atoms with Gasteiger partial charge < -0.3 is 10.1 Å². The van der Waals surface area contributed by atoms with Crippen molar-refractivity contribution in [1.82, 2.24) is 5.32 Å². The fourth-order valence-electron chi connectivity index (χ4n) is 2.14. The minimum Gasteiger partial charge on any atom is -0.458 e. The van der Waals surface area contributed by atoms with Crippen LogP contribution in [0.4, 0.5) is 0 Å². The van der Waals surface area contributed by atoms with E-state index in [-0.39, 0.29) is 23.3 Å². The van der Waals surface area contributed by atoms with Gasteiger partial charge in [0.1, 0.15) is 11.6 Å². The fourth-order valence-corrected chi connectivity index (χ4v) is 3.88. The van der Waals surface area contributed by atoms with Gasteiger partial charge in [0.25, 0.3) is 0 Å². The van der Waals surface area contributed by atoms with E-state index in [0.29, 0.717) is 6.42 Å². The number of sulfone groups is 1. The van der Waals surface area contributed by atoms with Crippen LogP contribution in [-0.2, 0) is 24.2 Å². The summed E-state index contributed by atoms with van der Waals surface area (Å²) in [4.78, 5) is 24.3. The highest BCUT2D eigenvalue weighted by molar-refractivity contribution is 7.91. The summed E-state index contributed by atoms with van der Waals surface area (Å²) < 4.78 is 28.1. The second-order valence-corrected chi connectivity index (χ2v) is 9.09. The van der Waals surface area contributed by atoms with Crippen molar-refractivity contribution in [2.45, 2.75) is 52.7 Å². The summed E-state index contributed by atoms with van der Waals surface area (Å²) in [6.45, 7) is 8.88. The summed E-state index contributed by atoms with van der Waals surface area (Å²) >= 11 is 0. The maximum Gasteiger partial charge on any atom is 0.329 e. The lowest BCUT2D eigenvalue weighted by molar-refractivity contribution is -0.160. The van der Waals surface area contributed by atoms with Gasteiger partial charge in [0.2, 0.25) is 5.91 Å². The van der Waals surface area contributed by atoms with E-state index in [0.717, 1.165) is 0 Å². The molecule has 21 heavy (non-hydrogen) atoms. The van der Waals surface area contributed by atoms with Gasteiger partial charge >= 0.3 is 5.97 Å². The average molecular weight is 319 g/mol. The number of hydrogen-bond acceptors (Lipinski definition) is 5. The van der Waals surface area contributed by atoms with Gasteiger partial charge in [-0.05, 0) is 33.1 Å². The lowest BCUT2D eigenvalue weighted by Crippen LogP contribution is -2.49. The van der Waals surface area contributed by atoms with Gasteiger partial charge in [-0.3, -0.25) is 4.79 Å². The van der Waals surface area contributed by atoms with Crippen LogP contribution in [0.15, 0.2) is 0 Å². The van der Waals surface area contributed by atoms with Gasteiger partial charge in [0, 0.05) is 0 Å². The third-order valence-corrected chi connectivity index (χ3v) is 5.00. The van der Waals surface area contributed by atoms with Gasteiger partial charge in [0.05, 0.1) is 17.4 Å². The zero-order valence-corrected chi connectivity index (χ0v) is 14.1. The molecule has 1 saturated heterocycles. The highest BCUT2D eigenvalue weighted by Gasteiger charge is 2.36. The summed E-state index contributed by atoms with van der Waals surface area (Å²) in [6.07, 6.45) is 0.313. The second-order valence-electron chi connectivity index (χ2n) is 6.86. The maximum absolute atomic E-state index is 12.1. The number of nitrogens with one attached hydrogen (secondary N) is 1. The topological polar surface area (TPSA) is 89.5 Å². The molecule has 0 radical (unpaired) electrons. The maximum atomic E-state index is 12.1. The minimum absolute atomic E-state index is 0.0316. The van der Waals surface area contributed by atoms with Gasteiger partial charge in [-0.25, -0.2) is 13.2 Å². The van der Waals surface area contributed by atoms with E-state index >= 15 is 0 Å². The number of amides is 1. The lowest BCUT2D eigenvalue weighted by atomic mass is 10.0. The molecule has 0 spiro atoms. The molecule has 0 bridgehead atoms. The molecule has 1 rings (SSSR count). The SMILES string of the molecule is CC(C)[C@@H](NC(=O)C1CCS(=O)(=O)C1)C(=O)OC(C)(C)C. The summed E-state index contributed by atoms with van der Waals surface area (Å²) in [5.74, 6) is -1.70. The Labute approximate surface area is 126 Å². The molecule has 0 saturated carbocycles. The average Bonchev–Trinajstić information content (AvgIpc) is 2.63. The molecule has 0 aromatic carbocycles. The molecular weight excluding hydrogens is 294 g/mol. The number of hydrogen-bond donors (Lipinski definition) is 1. The van der Waals surface area contributed by atoms with Crippen LogP contribution in [0.2, 0.25) is 0 Å². The third kappa shape index (κ3) is 5.65. The number of esters is 1. The minimum atomic E-state index is -3.12. The predicted molar refractivity (Wildman–Crippen MR) is 79.4 cm³/mol. The molecule has 0 aromatic rings. The van der Waals surface area contributed by atoms with Gasteiger partial charge in [0.15, 0.2) is 9.84 Å². The molecule has 6 nitrogen and oxygen atoms in total. The van der Waals surface area contributed by atoms with Gasteiger partial charge in [-0.1, -0.05) is 13.8 Å². The fraction of sp³-hybridized carbons (Fsp3) is 0.857. The third-order valence-electron chi connectivity index (χ3n) is 3.23. The molecule has 1 amide bonds. The van der Waals surface area contributed by atoms with Crippen LogP contribution in [0.3, 0.4) is 0 Å². The van der Waals surface area contributed by atoms with Crippen molar-refractivity contribution in [1.29, 1.82) is 0 Å². The van der Waals surface area contributed by atoms with E-state index in [2.05, 4.69) is 5.32 Å². The summed E-state index contributed by atoms with van der Waals surface area (Å²) in [5, 5.41) is 2.64. The highest BCUT2D eigenvalue weighted by atomic mass is 32.2. The van der Waals surface area contributed by atoms with Crippen molar-refractivity contribution < 1.29 is 22.7 Å². The van der Waals surface area contributed by atoms with Crippen molar-refractivity contribution in [3.8, 4) is 0 Å². The number of ether oxygens (including phenoxy) is 1. The zero-order valence-electron chi connectivity index (χ0n) is 13.3. The van der Waals surface area contributed by atoms with Crippen molar-refractivity contribution in [2.24, 2.45) is 11.8 Å². The van der Waals surface area contributed by atoms with Crippen molar-refractivity contribution in [2.75, 3.05) is 11.5 Å². The molecule has 122 valence electrons. The Morgan fingerprint density at radius 3 is 2.19 bits per heavy atom. The molecule has 1 aliphatic heterocycles. The van der Waals surface area contributed by atoms with Crippen LogP contribution in [0, 0.1) is 11.8 Å². The second kappa shape index (κ2) is 6.34. The van der Waals surface area contributed by atoms with Crippen LogP contribution in [0.1, 0.15) is 41.0 Å². The molecular formula is C14H25NO5S. The monoisotopic (exact) mass is 319 g/mol. The first-order chi connectivity index (χ1) is 9.41. The molecule has 1 fully saturated rings. The Kier molecular flexibility index (Phi) is 5.41. The van der Waals surface area contributed by atoms with Crippen molar-refractivity contribution in [3.63, 3.8) is 0 Å². The Morgan fingerprint density at radius 2 is 1.81 bits per heavy atom. The quantitative estimate of drug-likeness (QED) is 0.778. The first-order valence-electron chi connectivity index (χ1n) is 7.15. The zero-order chi connectivity index (χ0) is 16.4. The first kappa shape index (κ1) is 17.9. The Bertz CT molecular complexity index is 504.